The van der Waals surface area contributed by atoms with E-state index in [-0.39, 0.29) is 11.2 Å². The maximum Gasteiger partial charge on any atom is 0.126 e. The van der Waals surface area contributed by atoms with Crippen molar-refractivity contribution in [2.24, 2.45) is 5.41 Å². The SMILES string of the molecule is N#CC1(CNCCc2cc(F)ccc2F)CC1. The second kappa shape index (κ2) is 4.80. The molecule has 0 radical (unpaired) electrons. The fourth-order valence-electron chi connectivity index (χ4n) is 1.76. The van der Waals surface area contributed by atoms with Crippen molar-refractivity contribution < 1.29 is 8.78 Å². The lowest BCUT2D eigenvalue weighted by molar-refractivity contribution is 0.545. The molecule has 1 aromatic carbocycles. The molecule has 1 fully saturated rings. The zero-order valence-electron chi connectivity index (χ0n) is 9.47. The smallest absolute Gasteiger partial charge is 0.126 e. The average Bonchev–Trinajstić information content (AvgIpc) is 3.10. The van der Waals surface area contributed by atoms with E-state index in [1.54, 1.807) is 0 Å². The maximum atomic E-state index is 13.3. The summed E-state index contributed by atoms with van der Waals surface area (Å²) in [6.45, 7) is 1.20. The fraction of sp³-hybridized carbons (Fsp3) is 0.462. The summed E-state index contributed by atoms with van der Waals surface area (Å²) >= 11 is 0. The zero-order valence-corrected chi connectivity index (χ0v) is 9.47. The van der Waals surface area contributed by atoms with E-state index in [2.05, 4.69) is 11.4 Å². The quantitative estimate of drug-likeness (QED) is 0.797. The number of hydrogen-bond donors (Lipinski definition) is 1. The highest BCUT2D eigenvalue weighted by Crippen LogP contribution is 2.43. The molecule has 1 saturated carbocycles. The van der Waals surface area contributed by atoms with Crippen LogP contribution in [0.4, 0.5) is 8.78 Å². The summed E-state index contributed by atoms with van der Waals surface area (Å²) in [6, 6.07) is 5.74. The molecule has 1 aromatic rings. The van der Waals surface area contributed by atoms with Gasteiger partial charge < -0.3 is 5.32 Å². The van der Waals surface area contributed by atoms with Crippen LogP contribution in [0.2, 0.25) is 0 Å². The van der Waals surface area contributed by atoms with Gasteiger partial charge in [-0.25, -0.2) is 8.78 Å². The van der Waals surface area contributed by atoms with E-state index in [0.717, 1.165) is 25.0 Å². The number of hydrogen-bond acceptors (Lipinski definition) is 2. The summed E-state index contributed by atoms with van der Waals surface area (Å²) < 4.78 is 26.1. The minimum Gasteiger partial charge on any atom is -0.315 e. The van der Waals surface area contributed by atoms with Crippen molar-refractivity contribution in [2.75, 3.05) is 13.1 Å². The van der Waals surface area contributed by atoms with Crippen LogP contribution in [-0.4, -0.2) is 13.1 Å². The molecule has 0 spiro atoms. The van der Waals surface area contributed by atoms with Crippen molar-refractivity contribution in [2.45, 2.75) is 19.3 Å². The Labute approximate surface area is 99.3 Å². The fourth-order valence-corrected chi connectivity index (χ4v) is 1.76. The van der Waals surface area contributed by atoms with Gasteiger partial charge in [-0.3, -0.25) is 0 Å². The predicted octanol–water partition coefficient (Wildman–Crippen LogP) is 2.40. The van der Waals surface area contributed by atoms with Gasteiger partial charge in [0.1, 0.15) is 11.6 Å². The molecule has 2 rings (SSSR count). The summed E-state index contributed by atoms with van der Waals surface area (Å²) in [5, 5.41) is 12.0. The molecule has 4 heteroatoms. The highest BCUT2D eigenvalue weighted by Gasteiger charge is 2.42. The van der Waals surface area contributed by atoms with Crippen molar-refractivity contribution >= 4 is 0 Å². The van der Waals surface area contributed by atoms with Gasteiger partial charge in [0.25, 0.3) is 0 Å². The lowest BCUT2D eigenvalue weighted by Crippen LogP contribution is -2.25. The molecule has 1 aliphatic carbocycles. The number of nitrogens with one attached hydrogen (secondary N) is 1. The Balaban J connectivity index is 1.78. The monoisotopic (exact) mass is 236 g/mol. The first-order valence-corrected chi connectivity index (χ1v) is 5.71. The molecule has 0 unspecified atom stereocenters. The molecule has 90 valence electrons. The Morgan fingerprint density at radius 3 is 2.76 bits per heavy atom. The first-order chi connectivity index (χ1) is 8.15. The Morgan fingerprint density at radius 1 is 1.35 bits per heavy atom. The zero-order chi connectivity index (χ0) is 12.3. The van der Waals surface area contributed by atoms with Crippen molar-refractivity contribution in [1.82, 2.24) is 5.32 Å². The highest BCUT2D eigenvalue weighted by molar-refractivity contribution is 5.19. The van der Waals surface area contributed by atoms with Gasteiger partial charge in [-0.1, -0.05) is 0 Å². The topological polar surface area (TPSA) is 35.8 Å². The molecular formula is C13H14F2N2. The molecule has 0 amide bonds. The summed E-state index contributed by atoms with van der Waals surface area (Å²) in [5.74, 6) is -0.799. The highest BCUT2D eigenvalue weighted by atomic mass is 19.1. The molecule has 1 N–H and O–H groups in total. The van der Waals surface area contributed by atoms with Gasteiger partial charge in [-0.2, -0.15) is 5.26 Å². The molecule has 2 nitrogen and oxygen atoms in total. The van der Waals surface area contributed by atoms with Crippen LogP contribution < -0.4 is 5.32 Å². The van der Waals surface area contributed by atoms with Gasteiger partial charge >= 0.3 is 0 Å². The second-order valence-electron chi connectivity index (χ2n) is 4.55. The van der Waals surface area contributed by atoms with Crippen LogP contribution in [0.5, 0.6) is 0 Å². The molecule has 17 heavy (non-hydrogen) atoms. The van der Waals surface area contributed by atoms with E-state index >= 15 is 0 Å². The van der Waals surface area contributed by atoms with E-state index in [0.29, 0.717) is 25.1 Å². The van der Waals surface area contributed by atoms with Crippen LogP contribution in [0.1, 0.15) is 18.4 Å². The van der Waals surface area contributed by atoms with Crippen molar-refractivity contribution in [3.05, 3.63) is 35.4 Å². The Kier molecular flexibility index (Phi) is 3.39. The van der Waals surface area contributed by atoms with E-state index in [9.17, 15) is 8.78 Å². The largest absolute Gasteiger partial charge is 0.315 e. The molecule has 0 bridgehead atoms. The van der Waals surface area contributed by atoms with Gasteiger partial charge in [0, 0.05) is 6.54 Å². The van der Waals surface area contributed by atoms with Crippen molar-refractivity contribution in [3.8, 4) is 6.07 Å². The Hall–Kier alpha value is -1.47. The Morgan fingerprint density at radius 2 is 2.12 bits per heavy atom. The molecule has 0 aliphatic heterocycles. The number of halogens is 2. The molecule has 1 aliphatic rings. The lowest BCUT2D eigenvalue weighted by atomic mass is 10.1. The van der Waals surface area contributed by atoms with Gasteiger partial charge in [-0.15, -0.1) is 0 Å². The van der Waals surface area contributed by atoms with Crippen LogP contribution >= 0.6 is 0 Å². The minimum atomic E-state index is -0.419. The first kappa shape index (κ1) is 12.0. The first-order valence-electron chi connectivity index (χ1n) is 5.71. The van der Waals surface area contributed by atoms with Gasteiger partial charge in [-0.05, 0) is 49.6 Å². The van der Waals surface area contributed by atoms with Gasteiger partial charge in [0.15, 0.2) is 0 Å². The molecule has 0 saturated heterocycles. The normalized spacial score (nSPS) is 16.5. The van der Waals surface area contributed by atoms with Gasteiger partial charge in [0.2, 0.25) is 0 Å². The third kappa shape index (κ3) is 3.01. The Bertz CT molecular complexity index is 447. The summed E-state index contributed by atoms with van der Waals surface area (Å²) in [4.78, 5) is 0. The van der Waals surface area contributed by atoms with Crippen LogP contribution in [0.15, 0.2) is 18.2 Å². The van der Waals surface area contributed by atoms with E-state index < -0.39 is 5.82 Å². The summed E-state index contributed by atoms with van der Waals surface area (Å²) in [7, 11) is 0. The van der Waals surface area contributed by atoms with Crippen LogP contribution in [0, 0.1) is 28.4 Å². The summed E-state index contributed by atoms with van der Waals surface area (Å²) in [6.07, 6.45) is 2.31. The average molecular weight is 236 g/mol. The number of benzene rings is 1. The van der Waals surface area contributed by atoms with E-state index in [4.69, 9.17) is 5.26 Å². The molecule has 0 aromatic heterocycles. The predicted molar refractivity (Wildman–Crippen MR) is 60.2 cm³/mol. The standard InChI is InChI=1S/C13H14F2N2/c14-11-1-2-12(15)10(7-11)3-6-17-9-13(8-16)4-5-13/h1-2,7,17H,3-6,9H2. The van der Waals surface area contributed by atoms with Crippen molar-refractivity contribution in [1.29, 1.82) is 5.26 Å². The molecule has 0 heterocycles. The van der Waals surface area contributed by atoms with Crippen LogP contribution in [0.3, 0.4) is 0 Å². The van der Waals surface area contributed by atoms with Gasteiger partial charge in [0.05, 0.1) is 11.5 Å². The van der Waals surface area contributed by atoms with Crippen LogP contribution in [-0.2, 0) is 6.42 Å². The van der Waals surface area contributed by atoms with E-state index in [1.807, 2.05) is 0 Å². The number of nitriles is 1. The maximum absolute atomic E-state index is 13.3. The third-order valence-electron chi connectivity index (χ3n) is 3.13. The number of rotatable bonds is 5. The van der Waals surface area contributed by atoms with Crippen molar-refractivity contribution in [3.63, 3.8) is 0 Å². The lowest BCUT2D eigenvalue weighted by Gasteiger charge is -2.08. The second-order valence-corrected chi connectivity index (χ2v) is 4.55. The molecular weight excluding hydrogens is 222 g/mol. The third-order valence-corrected chi connectivity index (χ3v) is 3.13. The van der Waals surface area contributed by atoms with Crippen LogP contribution in [0.25, 0.3) is 0 Å². The van der Waals surface area contributed by atoms with E-state index in [1.165, 1.54) is 6.07 Å². The molecule has 0 atom stereocenters. The number of nitrogens with zero attached hydrogens (tertiary/aromatic N) is 1. The summed E-state index contributed by atoms with van der Waals surface area (Å²) in [5.41, 5.74) is 0.180. The minimum absolute atomic E-state index is 0.194.